The van der Waals surface area contributed by atoms with E-state index in [1.165, 1.54) is 24.1 Å². The Kier molecular flexibility index (Phi) is 11.8. The fourth-order valence-electron chi connectivity index (χ4n) is 4.84. The minimum absolute atomic E-state index is 0.0366. The van der Waals surface area contributed by atoms with Crippen molar-refractivity contribution >= 4 is 43.5 Å². The molecule has 0 heterocycles. The molecule has 0 bridgehead atoms. The van der Waals surface area contributed by atoms with Gasteiger partial charge < -0.3 is 15.0 Å². The summed E-state index contributed by atoms with van der Waals surface area (Å²) in [5.41, 5.74) is 1.92. The molecule has 0 aromatic heterocycles. The van der Waals surface area contributed by atoms with Crippen molar-refractivity contribution in [1.29, 1.82) is 0 Å². The van der Waals surface area contributed by atoms with Crippen molar-refractivity contribution in [3.63, 3.8) is 0 Å². The second-order valence-electron chi connectivity index (χ2n) is 10.7. The van der Waals surface area contributed by atoms with E-state index >= 15 is 0 Å². The van der Waals surface area contributed by atoms with Gasteiger partial charge >= 0.3 is 0 Å². The topological polar surface area (TPSA) is 96.0 Å². The van der Waals surface area contributed by atoms with Crippen molar-refractivity contribution in [2.45, 2.75) is 50.2 Å². The molecule has 45 heavy (non-hydrogen) atoms. The first-order valence-corrected chi connectivity index (χ1v) is 17.0. The van der Waals surface area contributed by atoms with Gasteiger partial charge in [-0.25, -0.2) is 8.42 Å². The SMILES string of the molecule is CC[C@@H](C)NC(=O)[C@@H](Cc1ccccc1)N(Cc1cccc(Br)c1)C(=O)CN(c1cccc(OC)c1)S(=O)(=O)c1ccccc1. The normalized spacial score (nSPS) is 12.5. The molecular formula is C35H38BrN3O5S. The van der Waals surface area contributed by atoms with Crippen molar-refractivity contribution in [2.75, 3.05) is 18.0 Å². The van der Waals surface area contributed by atoms with Crippen LogP contribution < -0.4 is 14.4 Å². The van der Waals surface area contributed by atoms with E-state index in [2.05, 4.69) is 21.2 Å². The molecule has 0 saturated carbocycles. The number of nitrogens with one attached hydrogen (secondary N) is 1. The predicted molar refractivity (Wildman–Crippen MR) is 180 cm³/mol. The van der Waals surface area contributed by atoms with Gasteiger partial charge in [0.2, 0.25) is 11.8 Å². The van der Waals surface area contributed by atoms with E-state index in [0.717, 1.165) is 19.9 Å². The highest BCUT2D eigenvalue weighted by molar-refractivity contribution is 9.10. The first-order valence-electron chi connectivity index (χ1n) is 14.7. The molecule has 0 aliphatic carbocycles. The molecule has 0 aliphatic rings. The van der Waals surface area contributed by atoms with Gasteiger partial charge in [0.15, 0.2) is 0 Å². The predicted octanol–water partition coefficient (Wildman–Crippen LogP) is 6.21. The Morgan fingerprint density at radius 1 is 0.867 bits per heavy atom. The molecule has 8 nitrogen and oxygen atoms in total. The first kappa shape index (κ1) is 33.7. The van der Waals surface area contributed by atoms with Crippen molar-refractivity contribution in [2.24, 2.45) is 0 Å². The van der Waals surface area contributed by atoms with Crippen LogP contribution in [-0.2, 0) is 32.6 Å². The third-order valence-electron chi connectivity index (χ3n) is 7.47. The Labute approximate surface area is 274 Å². The van der Waals surface area contributed by atoms with Crippen LogP contribution in [0, 0.1) is 0 Å². The van der Waals surface area contributed by atoms with Crippen LogP contribution in [0.2, 0.25) is 0 Å². The van der Waals surface area contributed by atoms with E-state index in [-0.39, 0.29) is 35.5 Å². The molecule has 2 amide bonds. The summed E-state index contributed by atoms with van der Waals surface area (Å²) >= 11 is 3.51. The number of anilines is 1. The zero-order chi connectivity index (χ0) is 32.4. The summed E-state index contributed by atoms with van der Waals surface area (Å²) in [4.78, 5) is 30.0. The number of carbonyl (C=O) groups is 2. The molecule has 4 aromatic rings. The van der Waals surface area contributed by atoms with Crippen LogP contribution in [-0.4, -0.2) is 50.9 Å². The lowest BCUT2D eigenvalue weighted by Gasteiger charge is -2.34. The van der Waals surface area contributed by atoms with Gasteiger partial charge in [0.05, 0.1) is 17.7 Å². The van der Waals surface area contributed by atoms with Crippen LogP contribution >= 0.6 is 15.9 Å². The van der Waals surface area contributed by atoms with E-state index < -0.39 is 28.5 Å². The van der Waals surface area contributed by atoms with E-state index in [4.69, 9.17) is 4.74 Å². The lowest BCUT2D eigenvalue weighted by Crippen LogP contribution is -2.54. The Morgan fingerprint density at radius 3 is 2.16 bits per heavy atom. The van der Waals surface area contributed by atoms with Crippen LogP contribution in [0.3, 0.4) is 0 Å². The van der Waals surface area contributed by atoms with Gasteiger partial charge in [0.25, 0.3) is 10.0 Å². The molecule has 1 N–H and O–H groups in total. The first-order chi connectivity index (χ1) is 21.6. The van der Waals surface area contributed by atoms with E-state index in [9.17, 15) is 18.0 Å². The molecule has 0 fully saturated rings. The minimum Gasteiger partial charge on any atom is -0.497 e. The summed E-state index contributed by atoms with van der Waals surface area (Å²) < 4.78 is 35.5. The summed E-state index contributed by atoms with van der Waals surface area (Å²) in [7, 11) is -2.70. The second-order valence-corrected chi connectivity index (χ2v) is 13.5. The number of halogens is 1. The molecule has 10 heteroatoms. The van der Waals surface area contributed by atoms with Crippen LogP contribution in [0.25, 0.3) is 0 Å². The van der Waals surface area contributed by atoms with Crippen LogP contribution in [0.5, 0.6) is 5.75 Å². The van der Waals surface area contributed by atoms with Gasteiger partial charge in [-0.1, -0.05) is 89.6 Å². The van der Waals surface area contributed by atoms with Crippen LogP contribution in [0.4, 0.5) is 5.69 Å². The Hall–Kier alpha value is -4.15. The number of hydrogen-bond donors (Lipinski definition) is 1. The molecule has 0 spiro atoms. The Morgan fingerprint density at radius 2 is 1.51 bits per heavy atom. The Balaban J connectivity index is 1.81. The molecule has 0 unspecified atom stereocenters. The van der Waals surface area contributed by atoms with Gasteiger partial charge in [0.1, 0.15) is 18.3 Å². The zero-order valence-electron chi connectivity index (χ0n) is 25.6. The zero-order valence-corrected chi connectivity index (χ0v) is 28.0. The molecule has 4 aromatic carbocycles. The van der Waals surface area contributed by atoms with E-state index in [1.54, 1.807) is 42.5 Å². The lowest BCUT2D eigenvalue weighted by molar-refractivity contribution is -0.140. The number of hydrogen-bond acceptors (Lipinski definition) is 5. The maximum absolute atomic E-state index is 14.5. The van der Waals surface area contributed by atoms with E-state index in [0.29, 0.717) is 12.2 Å². The largest absolute Gasteiger partial charge is 0.497 e. The summed E-state index contributed by atoms with van der Waals surface area (Å²) in [5.74, 6) is -0.401. The highest BCUT2D eigenvalue weighted by atomic mass is 79.9. The maximum atomic E-state index is 14.5. The number of methoxy groups -OCH3 is 1. The second kappa shape index (κ2) is 15.7. The van der Waals surface area contributed by atoms with Crippen molar-refractivity contribution in [3.05, 3.63) is 125 Å². The molecule has 236 valence electrons. The van der Waals surface area contributed by atoms with Gasteiger partial charge in [-0.15, -0.1) is 0 Å². The summed E-state index contributed by atoms with van der Waals surface area (Å²) in [6.07, 6.45) is 0.954. The number of sulfonamides is 1. The molecular weight excluding hydrogens is 654 g/mol. The van der Waals surface area contributed by atoms with Gasteiger partial charge in [-0.05, 0) is 60.9 Å². The summed E-state index contributed by atoms with van der Waals surface area (Å²) in [5, 5.41) is 3.05. The average molecular weight is 693 g/mol. The van der Waals surface area contributed by atoms with Crippen molar-refractivity contribution in [1.82, 2.24) is 10.2 Å². The number of carbonyl (C=O) groups excluding carboxylic acids is 2. The molecule has 2 atom stereocenters. The average Bonchev–Trinajstić information content (AvgIpc) is 3.05. The maximum Gasteiger partial charge on any atom is 0.264 e. The number of ether oxygens (including phenoxy) is 1. The van der Waals surface area contributed by atoms with Crippen molar-refractivity contribution < 1.29 is 22.7 Å². The van der Waals surface area contributed by atoms with Gasteiger partial charge in [0, 0.05) is 29.5 Å². The quantitative estimate of drug-likeness (QED) is 0.170. The number of rotatable bonds is 14. The van der Waals surface area contributed by atoms with Crippen molar-refractivity contribution in [3.8, 4) is 5.75 Å². The van der Waals surface area contributed by atoms with Gasteiger partial charge in [-0.2, -0.15) is 0 Å². The fourth-order valence-corrected chi connectivity index (χ4v) is 6.71. The molecule has 4 rings (SSSR count). The molecule has 0 radical (unpaired) electrons. The fraction of sp³-hybridized carbons (Fsp3) is 0.257. The molecule has 0 aliphatic heterocycles. The summed E-state index contributed by atoms with van der Waals surface area (Å²) in [6, 6.07) is 30.5. The van der Waals surface area contributed by atoms with E-state index in [1.807, 2.05) is 68.4 Å². The number of nitrogens with zero attached hydrogens (tertiary/aromatic N) is 2. The Bertz CT molecular complexity index is 1690. The highest BCUT2D eigenvalue weighted by Crippen LogP contribution is 2.28. The monoisotopic (exact) mass is 691 g/mol. The third kappa shape index (κ3) is 8.95. The standard InChI is InChI=1S/C35H38BrN3O5S/c1-4-26(2)37-35(41)33(22-27-13-7-5-8-14-27)38(24-28-15-11-16-29(36)21-28)34(40)25-39(30-17-12-18-31(23-30)44-3)45(42,43)32-19-9-6-10-20-32/h5-21,23,26,33H,4,22,24-25H2,1-3H3,(H,37,41)/t26-,33-/m1/s1. The summed E-state index contributed by atoms with van der Waals surface area (Å²) in [6.45, 7) is 3.43. The lowest BCUT2D eigenvalue weighted by atomic mass is 10.0. The minimum atomic E-state index is -4.19. The molecule has 0 saturated heterocycles. The smallest absolute Gasteiger partial charge is 0.264 e. The number of amides is 2. The van der Waals surface area contributed by atoms with Gasteiger partial charge in [-0.3, -0.25) is 13.9 Å². The highest BCUT2D eigenvalue weighted by Gasteiger charge is 2.35. The van der Waals surface area contributed by atoms with Crippen LogP contribution in [0.1, 0.15) is 31.4 Å². The number of benzene rings is 4. The third-order valence-corrected chi connectivity index (χ3v) is 9.75. The van der Waals surface area contributed by atoms with Crippen LogP contribution in [0.15, 0.2) is 119 Å².